The molecule has 8 heteroatoms. The third-order valence-electron chi connectivity index (χ3n) is 5.49. The smallest absolute Gasteiger partial charge is 0.261 e. The maximum atomic E-state index is 12.6. The summed E-state index contributed by atoms with van der Waals surface area (Å²) in [5, 5.41) is 31.2. The number of aromatic amines is 1. The monoisotopic (exact) mass is 450 g/mol. The van der Waals surface area contributed by atoms with E-state index in [1.807, 2.05) is 18.2 Å². The van der Waals surface area contributed by atoms with Crippen molar-refractivity contribution in [1.82, 2.24) is 9.97 Å². The average Bonchev–Trinajstić information content (AvgIpc) is 2.79. The molecule has 8 nitrogen and oxygen atoms in total. The van der Waals surface area contributed by atoms with E-state index in [4.69, 9.17) is 10.1 Å². The van der Waals surface area contributed by atoms with Gasteiger partial charge in [0.25, 0.3) is 5.56 Å². The molecule has 0 radical (unpaired) electrons. The summed E-state index contributed by atoms with van der Waals surface area (Å²) in [6.45, 7) is 1.69. The number of phenolic OH excluding ortho intramolecular Hbond substituents is 1. The van der Waals surface area contributed by atoms with Gasteiger partial charge in [0.15, 0.2) is 11.5 Å². The Morgan fingerprint density at radius 1 is 1.21 bits per heavy atom. The second-order valence-corrected chi connectivity index (χ2v) is 7.97. The van der Waals surface area contributed by atoms with E-state index in [1.165, 1.54) is 12.7 Å². The highest BCUT2D eigenvalue weighted by atomic mass is 16.5. The Hall–Kier alpha value is -3.65. The summed E-state index contributed by atoms with van der Waals surface area (Å²) in [6.07, 6.45) is 2.93. The Kier molecular flexibility index (Phi) is 8.21. The molecular weight excluding hydrogens is 420 g/mol. The second kappa shape index (κ2) is 11.3. The van der Waals surface area contributed by atoms with Gasteiger partial charge < -0.3 is 30.7 Å². The van der Waals surface area contributed by atoms with Gasteiger partial charge >= 0.3 is 0 Å². The fraction of sp³-hybridized carbons (Fsp3) is 0.320. The molecule has 1 heterocycles. The molecule has 2 unspecified atom stereocenters. The summed E-state index contributed by atoms with van der Waals surface area (Å²) >= 11 is 0. The number of aliphatic hydroxyl groups excluding tert-OH is 1. The molecule has 0 amide bonds. The zero-order valence-electron chi connectivity index (χ0n) is 18.8. The van der Waals surface area contributed by atoms with Gasteiger partial charge in [-0.15, -0.1) is 0 Å². The normalized spacial score (nSPS) is 12.7. The highest BCUT2D eigenvalue weighted by Crippen LogP contribution is 2.27. The fourth-order valence-corrected chi connectivity index (χ4v) is 3.68. The van der Waals surface area contributed by atoms with Gasteiger partial charge in [-0.1, -0.05) is 36.4 Å². The van der Waals surface area contributed by atoms with Crippen molar-refractivity contribution in [3.8, 4) is 11.5 Å². The summed E-state index contributed by atoms with van der Waals surface area (Å²) in [5.41, 5.74) is 1.62. The predicted molar refractivity (Wildman–Crippen MR) is 129 cm³/mol. The number of ether oxygens (including phenoxy) is 1. The molecule has 3 rings (SSSR count). The first-order valence-electron chi connectivity index (χ1n) is 10.9. The van der Waals surface area contributed by atoms with Gasteiger partial charge in [-0.2, -0.15) is 0 Å². The van der Waals surface area contributed by atoms with E-state index in [0.717, 1.165) is 24.6 Å². The molecule has 0 aliphatic heterocycles. The van der Waals surface area contributed by atoms with Crippen molar-refractivity contribution in [3.63, 3.8) is 0 Å². The van der Waals surface area contributed by atoms with E-state index in [1.54, 1.807) is 25.1 Å². The van der Waals surface area contributed by atoms with Crippen LogP contribution in [0, 0.1) is 5.41 Å². The maximum Gasteiger partial charge on any atom is 0.261 e. The van der Waals surface area contributed by atoms with E-state index in [9.17, 15) is 15.0 Å². The van der Waals surface area contributed by atoms with Crippen LogP contribution in [0.2, 0.25) is 0 Å². The zero-order chi connectivity index (χ0) is 23.8. The Labute approximate surface area is 192 Å². The van der Waals surface area contributed by atoms with Crippen LogP contribution in [0.5, 0.6) is 11.5 Å². The molecule has 0 aliphatic carbocycles. The summed E-state index contributed by atoms with van der Waals surface area (Å²) in [5.74, 6) is 0.995. The molecule has 2 aromatic carbocycles. The fourth-order valence-electron chi connectivity index (χ4n) is 3.68. The highest BCUT2D eigenvalue weighted by molar-refractivity contribution is 5.83. The van der Waals surface area contributed by atoms with Gasteiger partial charge in [-0.05, 0) is 49.4 Å². The number of aromatic nitrogens is 2. The minimum Gasteiger partial charge on any atom is -0.504 e. The molecule has 3 aromatic rings. The van der Waals surface area contributed by atoms with E-state index in [0.29, 0.717) is 18.0 Å². The number of aromatic hydroxyl groups is 1. The minimum absolute atomic E-state index is 0.000563. The Morgan fingerprint density at radius 3 is 2.61 bits per heavy atom. The second-order valence-electron chi connectivity index (χ2n) is 7.97. The number of rotatable bonds is 11. The highest BCUT2D eigenvalue weighted by Gasteiger charge is 2.19. The van der Waals surface area contributed by atoms with Crippen LogP contribution >= 0.6 is 0 Å². The van der Waals surface area contributed by atoms with Crippen LogP contribution in [0.25, 0.3) is 0 Å². The number of anilines is 1. The molecule has 0 bridgehead atoms. The number of hydrogen-bond acceptors (Lipinski definition) is 7. The Bertz CT molecular complexity index is 1130. The standard InChI is InChI=1S/C25H30N4O4/c1-16(30)20(10-6-9-17-7-4-3-5-8-17)27-24-19(15-26)25(32)29-23(28-24)14-18-11-12-22(33-2)21(31)13-18/h3-5,7-8,11-13,15-16,20,26,30-31H,6,9-10,14H2,1-2H3,(H2,27,28,29,32). The third-order valence-corrected chi connectivity index (χ3v) is 5.49. The third kappa shape index (κ3) is 6.43. The van der Waals surface area contributed by atoms with Crippen molar-refractivity contribution in [2.24, 2.45) is 0 Å². The van der Waals surface area contributed by atoms with Crippen molar-refractivity contribution < 1.29 is 14.9 Å². The van der Waals surface area contributed by atoms with Gasteiger partial charge in [0.2, 0.25) is 0 Å². The van der Waals surface area contributed by atoms with Crippen LogP contribution in [0.15, 0.2) is 53.3 Å². The first-order chi connectivity index (χ1) is 15.9. The number of nitrogens with zero attached hydrogens (tertiary/aromatic N) is 1. The Balaban J connectivity index is 1.78. The molecule has 174 valence electrons. The van der Waals surface area contributed by atoms with Crippen molar-refractivity contribution >= 4 is 12.0 Å². The summed E-state index contributed by atoms with van der Waals surface area (Å²) < 4.78 is 5.06. The average molecular weight is 451 g/mol. The molecular formula is C25H30N4O4. The molecule has 0 aliphatic rings. The number of aliphatic hydroxyl groups is 1. The molecule has 5 N–H and O–H groups in total. The topological polar surface area (TPSA) is 131 Å². The maximum absolute atomic E-state index is 12.6. The van der Waals surface area contributed by atoms with Crippen LogP contribution in [-0.4, -0.2) is 45.7 Å². The van der Waals surface area contributed by atoms with Crippen molar-refractivity contribution in [3.05, 3.63) is 81.4 Å². The van der Waals surface area contributed by atoms with Crippen LogP contribution in [0.1, 0.15) is 42.3 Å². The van der Waals surface area contributed by atoms with E-state index in [2.05, 4.69) is 27.4 Å². The summed E-state index contributed by atoms with van der Waals surface area (Å²) in [6, 6.07) is 14.8. The lowest BCUT2D eigenvalue weighted by molar-refractivity contribution is 0.166. The van der Waals surface area contributed by atoms with Gasteiger partial charge in [-0.3, -0.25) is 4.79 Å². The number of nitrogens with one attached hydrogen (secondary N) is 3. The largest absolute Gasteiger partial charge is 0.504 e. The van der Waals surface area contributed by atoms with Gasteiger partial charge in [0, 0.05) is 12.6 Å². The first kappa shape index (κ1) is 24.0. The molecule has 0 spiro atoms. The number of aryl methyl sites for hydroxylation is 1. The van der Waals surface area contributed by atoms with Crippen molar-refractivity contribution in [2.75, 3.05) is 12.4 Å². The van der Waals surface area contributed by atoms with Crippen molar-refractivity contribution in [1.29, 1.82) is 5.41 Å². The van der Waals surface area contributed by atoms with E-state index < -0.39 is 11.7 Å². The molecule has 0 fully saturated rings. The molecule has 0 saturated heterocycles. The van der Waals surface area contributed by atoms with Crippen LogP contribution < -0.4 is 15.6 Å². The van der Waals surface area contributed by atoms with Gasteiger partial charge in [0.05, 0.1) is 24.8 Å². The van der Waals surface area contributed by atoms with E-state index in [-0.39, 0.29) is 29.6 Å². The van der Waals surface area contributed by atoms with Gasteiger partial charge in [-0.25, -0.2) is 4.98 Å². The molecule has 2 atom stereocenters. The van der Waals surface area contributed by atoms with Crippen LogP contribution in [0.4, 0.5) is 5.82 Å². The minimum atomic E-state index is -0.678. The summed E-state index contributed by atoms with van der Waals surface area (Å²) in [7, 11) is 1.47. The lowest BCUT2D eigenvalue weighted by Crippen LogP contribution is -2.34. The number of benzene rings is 2. The SMILES string of the molecule is COc1ccc(Cc2nc(NC(CCCc3ccccc3)C(C)O)c(C=N)c(=O)[nH]2)cc1O. The number of methoxy groups -OCH3 is 1. The summed E-state index contributed by atoms with van der Waals surface area (Å²) in [4.78, 5) is 19.8. The Morgan fingerprint density at radius 2 is 1.97 bits per heavy atom. The molecule has 0 saturated carbocycles. The lowest BCUT2D eigenvalue weighted by atomic mass is 10.0. The molecule has 1 aromatic heterocycles. The van der Waals surface area contributed by atoms with Crippen molar-refractivity contribution in [2.45, 2.75) is 44.8 Å². The molecule has 33 heavy (non-hydrogen) atoms. The lowest BCUT2D eigenvalue weighted by Gasteiger charge is -2.23. The quantitative estimate of drug-likeness (QED) is 0.285. The van der Waals surface area contributed by atoms with Gasteiger partial charge in [0.1, 0.15) is 11.6 Å². The van der Waals surface area contributed by atoms with Crippen LogP contribution in [0.3, 0.4) is 0 Å². The predicted octanol–water partition coefficient (Wildman–Crippen LogP) is 3.26. The van der Waals surface area contributed by atoms with Crippen LogP contribution in [-0.2, 0) is 12.8 Å². The first-order valence-corrected chi connectivity index (χ1v) is 10.9. The number of H-pyrrole nitrogens is 1. The number of phenols is 1. The zero-order valence-corrected chi connectivity index (χ0v) is 18.8. The van der Waals surface area contributed by atoms with E-state index >= 15 is 0 Å². The number of hydrogen-bond donors (Lipinski definition) is 5.